The van der Waals surface area contributed by atoms with Crippen molar-refractivity contribution in [3.63, 3.8) is 0 Å². The van der Waals surface area contributed by atoms with Crippen LogP contribution in [0.3, 0.4) is 0 Å². The maximum absolute atomic E-state index is 13.8. The van der Waals surface area contributed by atoms with Crippen LogP contribution in [0.25, 0.3) is 0 Å². The predicted molar refractivity (Wildman–Crippen MR) is 105 cm³/mol. The molecule has 1 amide bonds. The molecule has 0 saturated carbocycles. The van der Waals surface area contributed by atoms with Crippen molar-refractivity contribution in [2.75, 3.05) is 10.0 Å². The van der Waals surface area contributed by atoms with E-state index in [1.54, 1.807) is 31.2 Å². The molecule has 144 valence electrons. The Morgan fingerprint density at radius 1 is 1.00 bits per heavy atom. The summed E-state index contributed by atoms with van der Waals surface area (Å²) >= 11 is 0. The first-order chi connectivity index (χ1) is 13.3. The van der Waals surface area contributed by atoms with Crippen molar-refractivity contribution in [3.05, 3.63) is 83.4 Å². The van der Waals surface area contributed by atoms with Crippen molar-refractivity contribution < 1.29 is 17.6 Å². The van der Waals surface area contributed by atoms with Crippen LogP contribution in [0.5, 0.6) is 0 Å². The Balaban J connectivity index is 1.93. The number of hydrogen-bond acceptors (Lipinski definition) is 4. The molecule has 1 heterocycles. The van der Waals surface area contributed by atoms with E-state index in [9.17, 15) is 17.6 Å². The molecule has 0 spiro atoms. The van der Waals surface area contributed by atoms with E-state index in [-0.39, 0.29) is 22.0 Å². The topological polar surface area (TPSA) is 88.2 Å². The SMILES string of the molecule is Cc1ccc(S(=O)(=O)Nc2cc(F)ccc2NC(=O)c2ccccn2)c(C)c1. The molecule has 0 fully saturated rings. The van der Waals surface area contributed by atoms with E-state index in [4.69, 9.17) is 0 Å². The molecule has 0 radical (unpaired) electrons. The van der Waals surface area contributed by atoms with Gasteiger partial charge in [0, 0.05) is 12.3 Å². The molecule has 0 aliphatic rings. The van der Waals surface area contributed by atoms with Gasteiger partial charge in [0.25, 0.3) is 15.9 Å². The number of anilines is 2. The van der Waals surface area contributed by atoms with Gasteiger partial charge in [-0.3, -0.25) is 14.5 Å². The first-order valence-electron chi connectivity index (χ1n) is 8.38. The van der Waals surface area contributed by atoms with Crippen molar-refractivity contribution in [2.24, 2.45) is 0 Å². The van der Waals surface area contributed by atoms with Gasteiger partial charge in [-0.1, -0.05) is 23.8 Å². The minimum atomic E-state index is -3.98. The highest BCUT2D eigenvalue weighted by Crippen LogP contribution is 2.27. The molecule has 6 nitrogen and oxygen atoms in total. The highest BCUT2D eigenvalue weighted by molar-refractivity contribution is 7.92. The molecule has 2 aromatic carbocycles. The van der Waals surface area contributed by atoms with Gasteiger partial charge in [-0.15, -0.1) is 0 Å². The quantitative estimate of drug-likeness (QED) is 0.681. The number of rotatable bonds is 5. The molecule has 0 bridgehead atoms. The molecule has 2 N–H and O–H groups in total. The first-order valence-corrected chi connectivity index (χ1v) is 9.86. The number of carbonyl (C=O) groups excluding carboxylic acids is 1. The third-order valence-corrected chi connectivity index (χ3v) is 5.52. The van der Waals surface area contributed by atoms with Gasteiger partial charge in [0.05, 0.1) is 16.3 Å². The fourth-order valence-corrected chi connectivity index (χ4v) is 3.99. The monoisotopic (exact) mass is 399 g/mol. The number of carbonyl (C=O) groups is 1. The van der Waals surface area contributed by atoms with Crippen LogP contribution in [0.4, 0.5) is 15.8 Å². The second-order valence-electron chi connectivity index (χ2n) is 6.23. The lowest BCUT2D eigenvalue weighted by Crippen LogP contribution is -2.18. The molecule has 0 aliphatic heterocycles. The highest BCUT2D eigenvalue weighted by atomic mass is 32.2. The Bertz CT molecular complexity index is 1130. The smallest absolute Gasteiger partial charge is 0.274 e. The Hall–Kier alpha value is -3.26. The lowest BCUT2D eigenvalue weighted by atomic mass is 10.2. The zero-order valence-electron chi connectivity index (χ0n) is 15.2. The molecule has 3 rings (SSSR count). The number of benzene rings is 2. The third kappa shape index (κ3) is 4.34. The molecule has 0 atom stereocenters. The van der Waals surface area contributed by atoms with Gasteiger partial charge in [-0.2, -0.15) is 0 Å². The van der Waals surface area contributed by atoms with E-state index in [1.165, 1.54) is 24.4 Å². The number of aryl methyl sites for hydroxylation is 2. The van der Waals surface area contributed by atoms with Crippen molar-refractivity contribution in [1.82, 2.24) is 4.98 Å². The summed E-state index contributed by atoms with van der Waals surface area (Å²) < 4.78 is 41.7. The molecular weight excluding hydrogens is 381 g/mol. The summed E-state index contributed by atoms with van der Waals surface area (Å²) in [5.74, 6) is -1.19. The van der Waals surface area contributed by atoms with Gasteiger partial charge in [0.2, 0.25) is 0 Å². The molecule has 3 aromatic rings. The zero-order valence-corrected chi connectivity index (χ0v) is 16.0. The fourth-order valence-electron chi connectivity index (χ4n) is 2.69. The van der Waals surface area contributed by atoms with Gasteiger partial charge in [-0.25, -0.2) is 12.8 Å². The highest BCUT2D eigenvalue weighted by Gasteiger charge is 2.20. The Morgan fingerprint density at radius 3 is 2.46 bits per heavy atom. The molecule has 28 heavy (non-hydrogen) atoms. The minimum absolute atomic E-state index is 0.0735. The van der Waals surface area contributed by atoms with Crippen LogP contribution < -0.4 is 10.0 Å². The van der Waals surface area contributed by atoms with E-state index >= 15 is 0 Å². The summed E-state index contributed by atoms with van der Waals surface area (Å²) in [4.78, 5) is 16.3. The van der Waals surface area contributed by atoms with E-state index in [0.717, 1.165) is 17.7 Å². The lowest BCUT2D eigenvalue weighted by Gasteiger charge is -2.15. The summed E-state index contributed by atoms with van der Waals surface area (Å²) in [5.41, 5.74) is 1.66. The predicted octanol–water partition coefficient (Wildman–Crippen LogP) is 3.89. The van der Waals surface area contributed by atoms with Crippen LogP contribution in [-0.2, 0) is 10.0 Å². The number of nitrogens with one attached hydrogen (secondary N) is 2. The van der Waals surface area contributed by atoms with Crippen LogP contribution in [-0.4, -0.2) is 19.3 Å². The van der Waals surface area contributed by atoms with E-state index in [1.807, 2.05) is 6.92 Å². The van der Waals surface area contributed by atoms with Crippen molar-refractivity contribution in [1.29, 1.82) is 0 Å². The molecule has 0 saturated heterocycles. The summed E-state index contributed by atoms with van der Waals surface area (Å²) in [6.07, 6.45) is 1.46. The standard InChI is InChI=1S/C20H18FN3O3S/c1-13-6-9-19(14(2)11-13)28(26,27)24-18-12-15(21)7-8-16(18)23-20(25)17-5-3-4-10-22-17/h3-12,24H,1-2H3,(H,23,25). The summed E-state index contributed by atoms with van der Waals surface area (Å²) in [6.45, 7) is 3.53. The van der Waals surface area contributed by atoms with Gasteiger partial charge in [0.1, 0.15) is 11.5 Å². The van der Waals surface area contributed by atoms with E-state index < -0.39 is 21.7 Å². The van der Waals surface area contributed by atoms with Gasteiger partial charge < -0.3 is 5.32 Å². The number of pyridine rings is 1. The van der Waals surface area contributed by atoms with Crippen LogP contribution in [0.2, 0.25) is 0 Å². The maximum atomic E-state index is 13.8. The summed E-state index contributed by atoms with van der Waals surface area (Å²) in [7, 11) is -3.98. The first kappa shape index (κ1) is 19.5. The molecule has 8 heteroatoms. The van der Waals surface area contributed by atoms with Crippen LogP contribution in [0.1, 0.15) is 21.6 Å². The van der Waals surface area contributed by atoms with Crippen molar-refractivity contribution in [2.45, 2.75) is 18.7 Å². The summed E-state index contributed by atoms with van der Waals surface area (Å²) in [5, 5.41) is 2.56. The van der Waals surface area contributed by atoms with Crippen molar-refractivity contribution >= 4 is 27.3 Å². The number of halogens is 1. The van der Waals surface area contributed by atoms with E-state index in [2.05, 4.69) is 15.0 Å². The average molecular weight is 399 g/mol. The number of sulfonamides is 1. The second-order valence-corrected chi connectivity index (χ2v) is 7.88. The number of nitrogens with zero attached hydrogens (tertiary/aromatic N) is 1. The normalized spacial score (nSPS) is 11.1. The Labute approximate surface area is 162 Å². The van der Waals surface area contributed by atoms with Crippen molar-refractivity contribution in [3.8, 4) is 0 Å². The lowest BCUT2D eigenvalue weighted by molar-refractivity contribution is 0.102. The van der Waals surface area contributed by atoms with E-state index in [0.29, 0.717) is 5.56 Å². The third-order valence-electron chi connectivity index (χ3n) is 3.99. The van der Waals surface area contributed by atoms with Crippen LogP contribution in [0.15, 0.2) is 65.7 Å². The minimum Gasteiger partial charge on any atom is -0.319 e. The maximum Gasteiger partial charge on any atom is 0.274 e. The molecular formula is C20H18FN3O3S. The van der Waals surface area contributed by atoms with Crippen LogP contribution in [0, 0.1) is 19.7 Å². The van der Waals surface area contributed by atoms with Gasteiger partial charge in [0.15, 0.2) is 0 Å². The summed E-state index contributed by atoms with van der Waals surface area (Å²) in [6, 6.07) is 13.2. The average Bonchev–Trinajstić information content (AvgIpc) is 2.64. The van der Waals surface area contributed by atoms with Gasteiger partial charge in [-0.05, 0) is 49.7 Å². The number of aromatic nitrogens is 1. The fraction of sp³-hybridized carbons (Fsp3) is 0.100. The largest absolute Gasteiger partial charge is 0.319 e. The number of hydrogen-bond donors (Lipinski definition) is 2. The molecule has 1 aromatic heterocycles. The second kappa shape index (κ2) is 7.77. The Kier molecular flexibility index (Phi) is 5.41. The Morgan fingerprint density at radius 2 is 1.79 bits per heavy atom. The molecule has 0 unspecified atom stereocenters. The molecule has 0 aliphatic carbocycles. The van der Waals surface area contributed by atoms with Crippen LogP contribution >= 0.6 is 0 Å². The number of amides is 1. The zero-order chi connectivity index (χ0) is 20.3. The van der Waals surface area contributed by atoms with Gasteiger partial charge >= 0.3 is 0 Å².